The van der Waals surface area contributed by atoms with Crippen LogP contribution in [0.5, 0.6) is 11.5 Å². The molecule has 2 aromatic heterocycles. The number of ether oxygens (including phenoxy) is 2. The number of carbonyl (C=O) groups excluding carboxylic acids is 1. The highest BCUT2D eigenvalue weighted by atomic mass is 32.1. The third-order valence-corrected chi connectivity index (χ3v) is 5.44. The average Bonchev–Trinajstić information content (AvgIpc) is 3.05. The molecule has 0 aliphatic carbocycles. The van der Waals surface area contributed by atoms with Crippen molar-refractivity contribution in [3.63, 3.8) is 0 Å². The summed E-state index contributed by atoms with van der Waals surface area (Å²) in [6.07, 6.45) is 1.95. The maximum absolute atomic E-state index is 12.9. The SMILES string of the molecule is CCOc1cc(C=c2sc3nc(=O)c(Cc4ccccc4)nn3c2=O)ccc1OC(C)=O. The van der Waals surface area contributed by atoms with Crippen LogP contribution in [0.25, 0.3) is 11.0 Å². The number of aromatic nitrogens is 3. The number of rotatable bonds is 6. The van der Waals surface area contributed by atoms with Gasteiger partial charge in [0.05, 0.1) is 11.1 Å². The number of carbonyl (C=O) groups is 1. The molecule has 0 spiro atoms. The molecule has 0 unspecified atom stereocenters. The summed E-state index contributed by atoms with van der Waals surface area (Å²) in [6, 6.07) is 14.4. The Morgan fingerprint density at radius 1 is 1.12 bits per heavy atom. The average molecular weight is 449 g/mol. The number of fused-ring (bicyclic) bond motifs is 1. The first-order chi connectivity index (χ1) is 15.4. The quantitative estimate of drug-likeness (QED) is 0.328. The van der Waals surface area contributed by atoms with Crippen molar-refractivity contribution in [1.29, 1.82) is 0 Å². The van der Waals surface area contributed by atoms with Crippen molar-refractivity contribution in [2.24, 2.45) is 0 Å². The Kier molecular flexibility index (Phi) is 6.09. The van der Waals surface area contributed by atoms with E-state index in [0.717, 1.165) is 21.4 Å². The van der Waals surface area contributed by atoms with Gasteiger partial charge in [0.25, 0.3) is 11.1 Å². The zero-order valence-corrected chi connectivity index (χ0v) is 18.2. The van der Waals surface area contributed by atoms with Crippen LogP contribution >= 0.6 is 11.3 Å². The highest BCUT2D eigenvalue weighted by Gasteiger charge is 2.13. The van der Waals surface area contributed by atoms with Crippen molar-refractivity contribution in [1.82, 2.24) is 14.6 Å². The van der Waals surface area contributed by atoms with E-state index in [4.69, 9.17) is 9.47 Å². The summed E-state index contributed by atoms with van der Waals surface area (Å²) < 4.78 is 12.2. The second-order valence-corrected chi connectivity index (χ2v) is 7.88. The fourth-order valence-electron chi connectivity index (χ4n) is 3.11. The van der Waals surface area contributed by atoms with E-state index in [9.17, 15) is 14.4 Å². The highest BCUT2D eigenvalue weighted by Crippen LogP contribution is 2.29. The van der Waals surface area contributed by atoms with Crippen molar-refractivity contribution in [2.45, 2.75) is 20.3 Å². The van der Waals surface area contributed by atoms with Gasteiger partial charge < -0.3 is 9.47 Å². The van der Waals surface area contributed by atoms with Gasteiger partial charge in [0.15, 0.2) is 11.5 Å². The van der Waals surface area contributed by atoms with Crippen molar-refractivity contribution in [2.75, 3.05) is 6.61 Å². The molecule has 0 saturated carbocycles. The molecule has 0 atom stereocenters. The first-order valence-electron chi connectivity index (χ1n) is 9.88. The van der Waals surface area contributed by atoms with Gasteiger partial charge in [-0.1, -0.05) is 47.7 Å². The Balaban J connectivity index is 1.75. The van der Waals surface area contributed by atoms with E-state index in [0.29, 0.717) is 34.6 Å². The maximum Gasteiger partial charge on any atom is 0.308 e. The van der Waals surface area contributed by atoms with Crippen molar-refractivity contribution in [3.05, 3.63) is 90.6 Å². The zero-order valence-electron chi connectivity index (χ0n) is 17.4. The van der Waals surface area contributed by atoms with Crippen LogP contribution in [0.2, 0.25) is 0 Å². The van der Waals surface area contributed by atoms with E-state index in [2.05, 4.69) is 10.1 Å². The summed E-state index contributed by atoms with van der Waals surface area (Å²) in [4.78, 5) is 40.9. The number of esters is 1. The molecule has 0 bridgehead atoms. The van der Waals surface area contributed by atoms with Gasteiger partial charge in [-0.2, -0.15) is 14.6 Å². The van der Waals surface area contributed by atoms with E-state index >= 15 is 0 Å². The summed E-state index contributed by atoms with van der Waals surface area (Å²) >= 11 is 1.08. The number of hydrogen-bond acceptors (Lipinski definition) is 8. The Hall–Kier alpha value is -3.85. The fourth-order valence-corrected chi connectivity index (χ4v) is 4.02. The van der Waals surface area contributed by atoms with Gasteiger partial charge in [0.1, 0.15) is 5.69 Å². The topological polar surface area (TPSA) is 99.9 Å². The molecule has 162 valence electrons. The Bertz CT molecular complexity index is 1460. The maximum atomic E-state index is 12.9. The number of benzene rings is 2. The van der Waals surface area contributed by atoms with Crippen LogP contribution in [0.3, 0.4) is 0 Å². The van der Waals surface area contributed by atoms with Gasteiger partial charge in [-0.25, -0.2) is 0 Å². The van der Waals surface area contributed by atoms with Crippen molar-refractivity contribution >= 4 is 28.3 Å². The van der Waals surface area contributed by atoms with E-state index < -0.39 is 11.5 Å². The van der Waals surface area contributed by atoms with Gasteiger partial charge in [0.2, 0.25) is 4.96 Å². The molecule has 0 aliphatic heterocycles. The van der Waals surface area contributed by atoms with Crippen LogP contribution in [-0.2, 0) is 11.2 Å². The first kappa shape index (κ1) is 21.4. The molecule has 0 aliphatic rings. The normalized spacial score (nSPS) is 11.6. The lowest BCUT2D eigenvalue weighted by molar-refractivity contribution is -0.132. The van der Waals surface area contributed by atoms with Crippen LogP contribution in [-0.4, -0.2) is 27.2 Å². The van der Waals surface area contributed by atoms with E-state index in [1.54, 1.807) is 24.3 Å². The molecule has 0 amide bonds. The first-order valence-corrected chi connectivity index (χ1v) is 10.7. The minimum absolute atomic E-state index is 0.208. The predicted octanol–water partition coefficient (Wildman–Crippen LogP) is 1.97. The molecule has 9 heteroatoms. The lowest BCUT2D eigenvalue weighted by Gasteiger charge is -2.10. The molecular weight excluding hydrogens is 430 g/mol. The molecule has 0 saturated heterocycles. The molecular formula is C23H19N3O5S. The summed E-state index contributed by atoms with van der Waals surface area (Å²) in [6.45, 7) is 3.51. The lowest BCUT2D eigenvalue weighted by Crippen LogP contribution is -2.28. The smallest absolute Gasteiger partial charge is 0.308 e. The second kappa shape index (κ2) is 9.11. The molecule has 2 heterocycles. The largest absolute Gasteiger partial charge is 0.490 e. The van der Waals surface area contributed by atoms with Crippen molar-refractivity contribution in [3.8, 4) is 11.5 Å². The molecule has 0 N–H and O–H groups in total. The van der Waals surface area contributed by atoms with Crippen LogP contribution in [0, 0.1) is 0 Å². The minimum Gasteiger partial charge on any atom is -0.490 e. The predicted molar refractivity (Wildman–Crippen MR) is 120 cm³/mol. The van der Waals surface area contributed by atoms with Crippen LogP contribution < -0.4 is 25.1 Å². The van der Waals surface area contributed by atoms with E-state index in [1.807, 2.05) is 37.3 Å². The second-order valence-electron chi connectivity index (χ2n) is 6.87. The highest BCUT2D eigenvalue weighted by molar-refractivity contribution is 7.15. The number of nitrogens with zero attached hydrogens (tertiary/aromatic N) is 3. The molecule has 4 aromatic rings. The molecule has 2 aromatic carbocycles. The van der Waals surface area contributed by atoms with Gasteiger partial charge in [-0.15, -0.1) is 0 Å². The molecule has 8 nitrogen and oxygen atoms in total. The van der Waals surface area contributed by atoms with E-state index in [-0.39, 0.29) is 16.2 Å². The third kappa shape index (κ3) is 4.57. The molecule has 4 rings (SSSR count). The summed E-state index contributed by atoms with van der Waals surface area (Å²) in [5.74, 6) is 0.234. The molecule has 0 fully saturated rings. The summed E-state index contributed by atoms with van der Waals surface area (Å²) in [7, 11) is 0. The minimum atomic E-state index is -0.456. The Morgan fingerprint density at radius 3 is 2.62 bits per heavy atom. The van der Waals surface area contributed by atoms with Crippen LogP contribution in [0.4, 0.5) is 0 Å². The summed E-state index contributed by atoms with van der Waals surface area (Å²) in [5.41, 5.74) is 0.962. The monoisotopic (exact) mass is 449 g/mol. The Labute approximate surface area is 186 Å². The molecule has 32 heavy (non-hydrogen) atoms. The van der Waals surface area contributed by atoms with Gasteiger partial charge in [0, 0.05) is 13.3 Å². The van der Waals surface area contributed by atoms with Gasteiger partial charge >= 0.3 is 5.97 Å². The Morgan fingerprint density at radius 2 is 1.91 bits per heavy atom. The lowest BCUT2D eigenvalue weighted by atomic mass is 10.1. The number of thiazole rings is 1. The zero-order chi connectivity index (χ0) is 22.7. The summed E-state index contributed by atoms with van der Waals surface area (Å²) in [5, 5.41) is 4.26. The molecule has 0 radical (unpaired) electrons. The third-order valence-electron chi connectivity index (χ3n) is 4.48. The van der Waals surface area contributed by atoms with Gasteiger partial charge in [-0.3, -0.25) is 14.4 Å². The van der Waals surface area contributed by atoms with Crippen molar-refractivity contribution < 1.29 is 14.3 Å². The number of hydrogen-bond donors (Lipinski definition) is 0. The van der Waals surface area contributed by atoms with Crippen LogP contribution in [0.15, 0.2) is 58.1 Å². The van der Waals surface area contributed by atoms with E-state index in [1.165, 1.54) is 6.92 Å². The van der Waals surface area contributed by atoms with Gasteiger partial charge in [-0.05, 0) is 36.3 Å². The standard InChI is InChI=1S/C23H19N3O5S/c1-3-30-19-12-16(9-10-18(19)31-14(2)27)13-20-22(29)26-23(32-20)24-21(28)17(25-26)11-15-7-5-4-6-8-15/h4-10,12-13H,3,11H2,1-2H3. The fraction of sp³-hybridized carbons (Fsp3) is 0.174. The van der Waals surface area contributed by atoms with Crippen LogP contribution in [0.1, 0.15) is 30.7 Å².